The number of nitrogens with one attached hydrogen (secondary N) is 1. The van der Waals surface area contributed by atoms with Gasteiger partial charge in [-0.05, 0) is 31.0 Å². The van der Waals surface area contributed by atoms with E-state index in [9.17, 15) is 4.39 Å². The molecule has 2 aromatic rings. The van der Waals surface area contributed by atoms with E-state index < -0.39 is 5.82 Å². The number of benzene rings is 1. The maximum atomic E-state index is 13.6. The Kier molecular flexibility index (Phi) is 4.55. The van der Waals surface area contributed by atoms with Crippen molar-refractivity contribution in [3.8, 4) is 11.4 Å². The minimum absolute atomic E-state index is 0.0978. The topological polar surface area (TPSA) is 37.8 Å². The van der Waals surface area contributed by atoms with Gasteiger partial charge in [0.1, 0.15) is 11.6 Å². The summed E-state index contributed by atoms with van der Waals surface area (Å²) in [5.41, 5.74) is 1.54. The van der Waals surface area contributed by atoms with E-state index in [2.05, 4.69) is 29.1 Å². The molecule has 0 saturated heterocycles. The van der Waals surface area contributed by atoms with Crippen LogP contribution in [0.15, 0.2) is 24.3 Å². The average molecular weight is 294 g/mol. The van der Waals surface area contributed by atoms with E-state index >= 15 is 0 Å². The summed E-state index contributed by atoms with van der Waals surface area (Å²) in [6.45, 7) is 6.89. The van der Waals surface area contributed by atoms with Crippen LogP contribution < -0.4 is 5.32 Å². The molecule has 0 bridgehead atoms. The van der Waals surface area contributed by atoms with Gasteiger partial charge in [0.25, 0.3) is 0 Å². The Morgan fingerprint density at radius 1 is 1.25 bits per heavy atom. The zero-order chi connectivity index (χ0) is 14.7. The minimum Gasteiger partial charge on any atom is -0.370 e. The molecular weight excluding hydrogens is 277 g/mol. The highest BCUT2D eigenvalue weighted by Crippen LogP contribution is 2.25. The lowest BCUT2D eigenvalue weighted by Crippen LogP contribution is -2.05. The number of halogens is 2. The SMILES string of the molecule is CCNc1cc(C(C)C)nc(-c2ccc(Cl)c(F)c2)n1. The lowest BCUT2D eigenvalue weighted by Gasteiger charge is -2.11. The third-order valence-electron chi connectivity index (χ3n) is 2.87. The minimum atomic E-state index is -0.465. The maximum absolute atomic E-state index is 13.6. The summed E-state index contributed by atoms with van der Waals surface area (Å²) in [7, 11) is 0. The van der Waals surface area contributed by atoms with Crippen LogP contribution in [-0.4, -0.2) is 16.5 Å². The van der Waals surface area contributed by atoms with Crippen LogP contribution >= 0.6 is 11.6 Å². The molecule has 0 radical (unpaired) electrons. The lowest BCUT2D eigenvalue weighted by molar-refractivity contribution is 0.628. The lowest BCUT2D eigenvalue weighted by atomic mass is 10.1. The summed E-state index contributed by atoms with van der Waals surface area (Å²) < 4.78 is 13.6. The second-order valence-corrected chi connectivity index (χ2v) is 5.22. The molecule has 0 atom stereocenters. The van der Waals surface area contributed by atoms with Crippen molar-refractivity contribution in [2.75, 3.05) is 11.9 Å². The van der Waals surface area contributed by atoms with Gasteiger partial charge in [0, 0.05) is 23.9 Å². The van der Waals surface area contributed by atoms with E-state index in [1.807, 2.05) is 13.0 Å². The van der Waals surface area contributed by atoms with Gasteiger partial charge in [0.15, 0.2) is 5.82 Å². The Morgan fingerprint density at radius 2 is 2.00 bits per heavy atom. The highest BCUT2D eigenvalue weighted by atomic mass is 35.5. The molecule has 0 amide bonds. The van der Waals surface area contributed by atoms with E-state index in [1.165, 1.54) is 12.1 Å². The molecule has 0 saturated carbocycles. The van der Waals surface area contributed by atoms with Gasteiger partial charge < -0.3 is 5.32 Å². The first-order chi connectivity index (χ1) is 9.51. The predicted molar refractivity (Wildman–Crippen MR) is 80.7 cm³/mol. The molecule has 1 heterocycles. The summed E-state index contributed by atoms with van der Waals surface area (Å²) in [5.74, 6) is 1.05. The molecule has 1 aromatic heterocycles. The number of hydrogen-bond acceptors (Lipinski definition) is 3. The largest absolute Gasteiger partial charge is 0.370 e. The van der Waals surface area contributed by atoms with Gasteiger partial charge in [0.05, 0.1) is 5.02 Å². The van der Waals surface area contributed by atoms with Crippen molar-refractivity contribution in [1.29, 1.82) is 0 Å². The molecule has 0 aliphatic rings. The van der Waals surface area contributed by atoms with Gasteiger partial charge in [-0.2, -0.15) is 0 Å². The molecule has 2 rings (SSSR count). The summed E-state index contributed by atoms with van der Waals surface area (Å²) in [5, 5.41) is 3.27. The monoisotopic (exact) mass is 293 g/mol. The summed E-state index contributed by atoms with van der Waals surface area (Å²) in [4.78, 5) is 8.91. The van der Waals surface area contributed by atoms with Gasteiger partial charge in [-0.3, -0.25) is 0 Å². The molecule has 20 heavy (non-hydrogen) atoms. The van der Waals surface area contributed by atoms with Gasteiger partial charge in [0.2, 0.25) is 0 Å². The molecule has 106 valence electrons. The van der Waals surface area contributed by atoms with Crippen LogP contribution in [0.25, 0.3) is 11.4 Å². The molecule has 0 spiro atoms. The summed E-state index contributed by atoms with van der Waals surface area (Å²) >= 11 is 5.70. The Labute approximate surface area is 123 Å². The Balaban J connectivity index is 2.51. The first-order valence-corrected chi connectivity index (χ1v) is 6.97. The fourth-order valence-corrected chi connectivity index (χ4v) is 1.92. The molecule has 1 aromatic carbocycles. The van der Waals surface area contributed by atoms with Gasteiger partial charge in [-0.25, -0.2) is 14.4 Å². The Bertz CT molecular complexity index is 614. The van der Waals surface area contributed by atoms with Crippen molar-refractivity contribution in [3.05, 3.63) is 40.8 Å². The summed E-state index contributed by atoms with van der Waals surface area (Å²) in [6.07, 6.45) is 0. The number of anilines is 1. The van der Waals surface area contributed by atoms with Crippen LogP contribution in [0.2, 0.25) is 5.02 Å². The zero-order valence-electron chi connectivity index (χ0n) is 11.7. The van der Waals surface area contributed by atoms with Crippen molar-refractivity contribution in [2.24, 2.45) is 0 Å². The van der Waals surface area contributed by atoms with E-state index in [0.717, 1.165) is 18.1 Å². The second kappa shape index (κ2) is 6.18. The van der Waals surface area contributed by atoms with Crippen LogP contribution in [0, 0.1) is 5.82 Å². The second-order valence-electron chi connectivity index (χ2n) is 4.82. The normalized spacial score (nSPS) is 10.9. The number of rotatable bonds is 4. The molecule has 1 N–H and O–H groups in total. The van der Waals surface area contributed by atoms with Crippen LogP contribution in [0.5, 0.6) is 0 Å². The van der Waals surface area contributed by atoms with Crippen molar-refractivity contribution < 1.29 is 4.39 Å². The van der Waals surface area contributed by atoms with Crippen molar-refractivity contribution in [2.45, 2.75) is 26.7 Å². The van der Waals surface area contributed by atoms with E-state index in [1.54, 1.807) is 6.07 Å². The first-order valence-electron chi connectivity index (χ1n) is 6.59. The van der Waals surface area contributed by atoms with Crippen molar-refractivity contribution in [3.63, 3.8) is 0 Å². The molecule has 0 aliphatic carbocycles. The fraction of sp³-hybridized carbons (Fsp3) is 0.333. The van der Waals surface area contributed by atoms with Gasteiger partial charge in [-0.15, -0.1) is 0 Å². The molecule has 5 heteroatoms. The quantitative estimate of drug-likeness (QED) is 0.902. The first kappa shape index (κ1) is 14.7. The van der Waals surface area contributed by atoms with Crippen LogP contribution in [0.4, 0.5) is 10.2 Å². The van der Waals surface area contributed by atoms with Gasteiger partial charge >= 0.3 is 0 Å². The Hall–Kier alpha value is -1.68. The molecule has 0 aliphatic heterocycles. The van der Waals surface area contributed by atoms with Crippen LogP contribution in [0.3, 0.4) is 0 Å². The highest BCUT2D eigenvalue weighted by Gasteiger charge is 2.11. The van der Waals surface area contributed by atoms with Crippen LogP contribution in [-0.2, 0) is 0 Å². The third-order valence-corrected chi connectivity index (χ3v) is 3.18. The Morgan fingerprint density at radius 3 is 2.60 bits per heavy atom. The van der Waals surface area contributed by atoms with E-state index in [-0.39, 0.29) is 10.9 Å². The highest BCUT2D eigenvalue weighted by molar-refractivity contribution is 6.30. The van der Waals surface area contributed by atoms with Crippen molar-refractivity contribution >= 4 is 17.4 Å². The molecule has 0 unspecified atom stereocenters. The molecule has 0 fully saturated rings. The number of hydrogen-bond donors (Lipinski definition) is 1. The van der Waals surface area contributed by atoms with Crippen LogP contribution in [0.1, 0.15) is 32.4 Å². The zero-order valence-corrected chi connectivity index (χ0v) is 12.5. The third kappa shape index (κ3) is 3.25. The molecular formula is C15H17ClFN3. The smallest absolute Gasteiger partial charge is 0.161 e. The molecule has 3 nitrogen and oxygen atoms in total. The predicted octanol–water partition coefficient (Wildman–Crippen LogP) is 4.49. The maximum Gasteiger partial charge on any atom is 0.161 e. The van der Waals surface area contributed by atoms with Gasteiger partial charge in [-0.1, -0.05) is 25.4 Å². The number of aromatic nitrogens is 2. The van der Waals surface area contributed by atoms with E-state index in [0.29, 0.717) is 11.4 Å². The number of nitrogens with zero attached hydrogens (tertiary/aromatic N) is 2. The summed E-state index contributed by atoms with van der Waals surface area (Å²) in [6, 6.07) is 6.52. The fourth-order valence-electron chi connectivity index (χ4n) is 1.80. The standard InChI is InChI=1S/C15H17ClFN3/c1-4-18-14-8-13(9(2)3)19-15(20-14)10-5-6-11(16)12(17)7-10/h5-9H,4H2,1-3H3,(H,18,19,20). The van der Waals surface area contributed by atoms with E-state index in [4.69, 9.17) is 11.6 Å². The van der Waals surface area contributed by atoms with Crippen molar-refractivity contribution in [1.82, 2.24) is 9.97 Å². The average Bonchev–Trinajstić information content (AvgIpc) is 2.42.